The number of imidazole rings is 1. The predicted octanol–water partition coefficient (Wildman–Crippen LogP) is 2.00. The van der Waals surface area contributed by atoms with Gasteiger partial charge in [0.15, 0.2) is 11.2 Å². The summed E-state index contributed by atoms with van der Waals surface area (Å²) in [6.07, 6.45) is 5.05. The minimum atomic E-state index is -0.508. The van der Waals surface area contributed by atoms with Crippen molar-refractivity contribution in [3.63, 3.8) is 0 Å². The van der Waals surface area contributed by atoms with Crippen LogP contribution in [0.15, 0.2) is 46.3 Å². The second kappa shape index (κ2) is 6.46. The van der Waals surface area contributed by atoms with E-state index in [-0.39, 0.29) is 5.02 Å². The van der Waals surface area contributed by atoms with Crippen molar-refractivity contribution in [1.29, 1.82) is 0 Å². The van der Waals surface area contributed by atoms with Gasteiger partial charge in [0, 0.05) is 19.7 Å². The highest BCUT2D eigenvalue weighted by Crippen LogP contribution is 2.20. The molecule has 0 radical (unpaired) electrons. The molecule has 0 aliphatic heterocycles. The van der Waals surface area contributed by atoms with Crippen LogP contribution < -0.4 is 11.2 Å². The third kappa shape index (κ3) is 2.79. The fraction of sp³-hybridized carbons (Fsp3) is 0.167. The van der Waals surface area contributed by atoms with E-state index in [9.17, 15) is 9.59 Å². The lowest BCUT2D eigenvalue weighted by Crippen LogP contribution is -2.38. The third-order valence-electron chi connectivity index (χ3n) is 3.77. The Balaban J connectivity index is 2.28. The molecule has 1 aromatic carbocycles. The summed E-state index contributed by atoms with van der Waals surface area (Å²) in [6.45, 7) is 1.88. The Morgan fingerprint density at radius 1 is 1.24 bits per heavy atom. The second-order valence-electron chi connectivity index (χ2n) is 5.45. The Hall–Kier alpha value is -3.04. The van der Waals surface area contributed by atoms with E-state index < -0.39 is 11.2 Å². The zero-order valence-electron chi connectivity index (χ0n) is 13.9. The number of fused-ring (bicyclic) bond motifs is 1. The molecule has 2 heterocycles. The first-order valence-corrected chi connectivity index (χ1v) is 7.89. The Morgan fingerprint density at radius 3 is 2.68 bits per heavy atom. The molecule has 0 N–H and O–H groups in total. The molecule has 7 heteroatoms. The summed E-state index contributed by atoms with van der Waals surface area (Å²) < 4.78 is 3.96. The van der Waals surface area contributed by atoms with Crippen molar-refractivity contribution >= 4 is 22.8 Å². The van der Waals surface area contributed by atoms with Crippen LogP contribution >= 0.6 is 11.6 Å². The monoisotopic (exact) mass is 354 g/mol. The molecule has 2 aromatic heterocycles. The maximum atomic E-state index is 12.8. The maximum absolute atomic E-state index is 12.8. The van der Waals surface area contributed by atoms with Gasteiger partial charge in [0.25, 0.3) is 5.56 Å². The fourth-order valence-corrected chi connectivity index (χ4v) is 2.80. The van der Waals surface area contributed by atoms with E-state index in [1.165, 1.54) is 10.9 Å². The molecule has 0 amide bonds. The van der Waals surface area contributed by atoms with E-state index >= 15 is 0 Å². The van der Waals surface area contributed by atoms with Gasteiger partial charge in [0.1, 0.15) is 0 Å². The zero-order chi connectivity index (χ0) is 18.1. The van der Waals surface area contributed by atoms with E-state index in [2.05, 4.69) is 16.8 Å². The third-order valence-corrected chi connectivity index (χ3v) is 4.08. The van der Waals surface area contributed by atoms with Crippen molar-refractivity contribution in [2.24, 2.45) is 14.1 Å². The second-order valence-corrected chi connectivity index (χ2v) is 5.85. The van der Waals surface area contributed by atoms with Gasteiger partial charge in [0.05, 0.1) is 17.0 Å². The average Bonchev–Trinajstić information content (AvgIpc) is 2.97. The topological polar surface area (TPSA) is 61.8 Å². The van der Waals surface area contributed by atoms with E-state index in [4.69, 9.17) is 11.6 Å². The van der Waals surface area contributed by atoms with Gasteiger partial charge in [-0.1, -0.05) is 29.5 Å². The molecular weight excluding hydrogens is 340 g/mol. The van der Waals surface area contributed by atoms with Gasteiger partial charge >= 0.3 is 5.69 Å². The van der Waals surface area contributed by atoms with Gasteiger partial charge in [-0.3, -0.25) is 9.36 Å². The molecule has 0 saturated carbocycles. The van der Waals surface area contributed by atoms with Crippen molar-refractivity contribution in [2.45, 2.75) is 6.92 Å². The Labute approximate surface area is 148 Å². The molecule has 0 saturated heterocycles. The van der Waals surface area contributed by atoms with Crippen molar-refractivity contribution in [1.82, 2.24) is 18.7 Å². The quantitative estimate of drug-likeness (QED) is 0.628. The minimum Gasteiger partial charge on any atom is -0.328 e. The SMILES string of the molecule is CC=CC#Cc1ccc(-n2c(=O)c3c(ncn3C)n(C)c2=O)c(Cl)c1. The van der Waals surface area contributed by atoms with E-state index in [1.54, 1.807) is 42.9 Å². The van der Waals surface area contributed by atoms with E-state index in [0.29, 0.717) is 22.4 Å². The van der Waals surface area contributed by atoms with Gasteiger partial charge in [-0.05, 0) is 31.2 Å². The predicted molar refractivity (Wildman–Crippen MR) is 98.3 cm³/mol. The molecule has 3 aromatic rings. The smallest absolute Gasteiger partial charge is 0.328 e. The lowest BCUT2D eigenvalue weighted by atomic mass is 10.2. The Bertz CT molecular complexity index is 1190. The van der Waals surface area contributed by atoms with Crippen LogP contribution in [0.4, 0.5) is 0 Å². The molecular formula is C18H15ClN4O2. The number of halogens is 1. The van der Waals surface area contributed by atoms with Crippen molar-refractivity contribution in [3.05, 3.63) is 68.1 Å². The number of rotatable bonds is 1. The summed E-state index contributed by atoms with van der Waals surface area (Å²) in [7, 11) is 3.27. The summed E-state index contributed by atoms with van der Waals surface area (Å²) in [5, 5.41) is 0.271. The molecule has 0 spiro atoms. The van der Waals surface area contributed by atoms with Crippen molar-refractivity contribution in [3.8, 4) is 17.5 Å². The van der Waals surface area contributed by atoms with Gasteiger partial charge in [-0.15, -0.1) is 0 Å². The molecule has 3 rings (SSSR count). The number of benzene rings is 1. The van der Waals surface area contributed by atoms with Crippen LogP contribution in [-0.2, 0) is 14.1 Å². The van der Waals surface area contributed by atoms with Crippen LogP contribution in [0, 0.1) is 11.8 Å². The molecule has 25 heavy (non-hydrogen) atoms. The zero-order valence-corrected chi connectivity index (χ0v) is 14.7. The van der Waals surface area contributed by atoms with Gasteiger partial charge in [0.2, 0.25) is 0 Å². The first-order chi connectivity index (χ1) is 12.0. The normalized spacial score (nSPS) is 11.0. The summed E-state index contributed by atoms with van der Waals surface area (Å²) in [5.74, 6) is 5.80. The largest absolute Gasteiger partial charge is 0.337 e. The van der Waals surface area contributed by atoms with Crippen LogP contribution in [-0.4, -0.2) is 18.7 Å². The van der Waals surface area contributed by atoms with Crippen LogP contribution in [0.25, 0.3) is 16.9 Å². The van der Waals surface area contributed by atoms with Crippen LogP contribution in [0.2, 0.25) is 5.02 Å². The fourth-order valence-electron chi connectivity index (χ4n) is 2.53. The number of hydrogen-bond acceptors (Lipinski definition) is 3. The summed E-state index contributed by atoms with van der Waals surface area (Å²) in [5.41, 5.74) is 0.692. The Kier molecular flexibility index (Phi) is 4.34. The molecule has 0 atom stereocenters. The molecule has 0 aliphatic carbocycles. The highest BCUT2D eigenvalue weighted by atomic mass is 35.5. The maximum Gasteiger partial charge on any atom is 0.337 e. The van der Waals surface area contributed by atoms with Crippen LogP contribution in [0.3, 0.4) is 0 Å². The first-order valence-electron chi connectivity index (χ1n) is 7.51. The summed E-state index contributed by atoms with van der Waals surface area (Å²) in [6, 6.07) is 4.97. The highest BCUT2D eigenvalue weighted by molar-refractivity contribution is 6.32. The van der Waals surface area contributed by atoms with Gasteiger partial charge in [-0.2, -0.15) is 0 Å². The number of allylic oxidation sites excluding steroid dienone is 2. The number of hydrogen-bond donors (Lipinski definition) is 0. The average molecular weight is 355 g/mol. The summed E-state index contributed by atoms with van der Waals surface area (Å²) >= 11 is 6.32. The lowest BCUT2D eigenvalue weighted by Gasteiger charge is -2.10. The number of aromatic nitrogens is 4. The molecule has 0 bridgehead atoms. The van der Waals surface area contributed by atoms with Gasteiger partial charge in [-0.25, -0.2) is 14.3 Å². The molecule has 126 valence electrons. The minimum absolute atomic E-state index is 0.271. The van der Waals surface area contributed by atoms with Crippen molar-refractivity contribution in [2.75, 3.05) is 0 Å². The Morgan fingerprint density at radius 2 is 2.00 bits per heavy atom. The van der Waals surface area contributed by atoms with Gasteiger partial charge < -0.3 is 4.57 Å². The molecule has 6 nitrogen and oxygen atoms in total. The molecule has 0 fully saturated rings. The highest BCUT2D eigenvalue weighted by Gasteiger charge is 2.17. The number of aryl methyl sites for hydroxylation is 2. The van der Waals surface area contributed by atoms with E-state index in [1.807, 2.05) is 13.0 Å². The number of nitrogens with zero attached hydrogens (tertiary/aromatic N) is 4. The molecule has 0 aliphatic rings. The van der Waals surface area contributed by atoms with Crippen LogP contribution in [0.1, 0.15) is 12.5 Å². The van der Waals surface area contributed by atoms with Crippen LogP contribution in [0.5, 0.6) is 0 Å². The standard InChI is InChI=1S/C18H15ClN4O2/c1-4-5-6-7-12-8-9-14(13(19)10-12)23-17(24)15-16(20-11-21(15)2)22(3)18(23)25/h4-5,8-11H,1-3H3. The van der Waals surface area contributed by atoms with Crippen molar-refractivity contribution < 1.29 is 0 Å². The van der Waals surface area contributed by atoms with E-state index in [0.717, 1.165) is 4.57 Å². The summed E-state index contributed by atoms with van der Waals surface area (Å²) in [4.78, 5) is 29.6. The first kappa shape index (κ1) is 16.8. The lowest BCUT2D eigenvalue weighted by molar-refractivity contribution is 0.763. The molecule has 0 unspecified atom stereocenters.